The Morgan fingerprint density at radius 2 is 1.83 bits per heavy atom. The van der Waals surface area contributed by atoms with Crippen molar-refractivity contribution in [1.29, 1.82) is 0 Å². The van der Waals surface area contributed by atoms with Gasteiger partial charge in [-0.1, -0.05) is 42.5 Å². The van der Waals surface area contributed by atoms with Gasteiger partial charge in [-0.3, -0.25) is 0 Å². The van der Waals surface area contributed by atoms with Gasteiger partial charge in [0, 0.05) is 18.5 Å². The van der Waals surface area contributed by atoms with Crippen LogP contribution in [0.2, 0.25) is 0 Å². The summed E-state index contributed by atoms with van der Waals surface area (Å²) in [5.74, 6) is 0.501. The van der Waals surface area contributed by atoms with E-state index in [0.29, 0.717) is 5.52 Å². The van der Waals surface area contributed by atoms with Crippen LogP contribution < -0.4 is 4.90 Å². The largest absolute Gasteiger partial charge is 0.352 e. The molecular formula is C19H16FN3. The van der Waals surface area contributed by atoms with Crippen LogP contribution in [-0.4, -0.2) is 23.1 Å². The van der Waals surface area contributed by atoms with Crippen LogP contribution in [0.3, 0.4) is 0 Å². The summed E-state index contributed by atoms with van der Waals surface area (Å²) < 4.78 is 13.9. The van der Waals surface area contributed by atoms with Crippen LogP contribution in [0, 0.1) is 5.82 Å². The lowest BCUT2D eigenvalue weighted by Gasteiger charge is -2.28. The third kappa shape index (κ3) is 2.57. The van der Waals surface area contributed by atoms with Gasteiger partial charge in [-0.15, -0.1) is 0 Å². The third-order valence-electron chi connectivity index (χ3n) is 4.25. The number of benzene rings is 2. The summed E-state index contributed by atoms with van der Waals surface area (Å²) in [6, 6.07) is 15.4. The maximum atomic E-state index is 13.9. The highest BCUT2D eigenvalue weighted by Gasteiger charge is 2.17. The van der Waals surface area contributed by atoms with Gasteiger partial charge in [0.2, 0.25) is 0 Å². The minimum Gasteiger partial charge on any atom is -0.352 e. The Morgan fingerprint density at radius 1 is 0.957 bits per heavy atom. The topological polar surface area (TPSA) is 29.0 Å². The summed E-state index contributed by atoms with van der Waals surface area (Å²) in [4.78, 5) is 10.6. The molecule has 0 amide bonds. The molecule has 4 heteroatoms. The molecule has 0 aliphatic carbocycles. The summed E-state index contributed by atoms with van der Waals surface area (Å²) >= 11 is 0. The number of rotatable bonds is 2. The molecule has 0 spiro atoms. The molecule has 1 aliphatic rings. The number of nitrogens with zero attached hydrogens (tertiary/aromatic N) is 3. The molecule has 0 N–H and O–H groups in total. The van der Waals surface area contributed by atoms with Crippen molar-refractivity contribution in [2.24, 2.45) is 0 Å². The fourth-order valence-corrected chi connectivity index (χ4v) is 3.07. The lowest BCUT2D eigenvalue weighted by atomic mass is 9.99. The van der Waals surface area contributed by atoms with Gasteiger partial charge in [0.1, 0.15) is 23.5 Å². The van der Waals surface area contributed by atoms with Gasteiger partial charge in [0.15, 0.2) is 0 Å². The van der Waals surface area contributed by atoms with E-state index in [1.54, 1.807) is 6.07 Å². The first kappa shape index (κ1) is 13.9. The van der Waals surface area contributed by atoms with Crippen LogP contribution in [0.4, 0.5) is 10.2 Å². The zero-order chi connectivity index (χ0) is 15.6. The second-order valence-electron chi connectivity index (χ2n) is 5.62. The Kier molecular flexibility index (Phi) is 3.50. The molecule has 3 aromatic rings. The standard InChI is InChI=1S/C19H16FN3/c20-17-8-4-7-16-18(17)21-13-22-19(16)23-11-9-15(10-12-23)14-5-2-1-3-6-14/h1-9,13H,10-12H2. The number of anilines is 1. The Hall–Kier alpha value is -2.75. The molecule has 0 radical (unpaired) electrons. The van der Waals surface area contributed by atoms with Gasteiger partial charge in [0.25, 0.3) is 0 Å². The summed E-state index contributed by atoms with van der Waals surface area (Å²) in [6.07, 6.45) is 4.62. The number of halogens is 1. The van der Waals surface area contributed by atoms with Gasteiger partial charge in [-0.05, 0) is 29.7 Å². The minimum absolute atomic E-state index is 0.302. The smallest absolute Gasteiger partial charge is 0.149 e. The molecule has 2 aromatic carbocycles. The monoisotopic (exact) mass is 305 g/mol. The second kappa shape index (κ2) is 5.80. The van der Waals surface area contributed by atoms with E-state index in [1.807, 2.05) is 12.1 Å². The fraction of sp³-hybridized carbons (Fsp3) is 0.158. The maximum Gasteiger partial charge on any atom is 0.149 e. The number of hydrogen-bond acceptors (Lipinski definition) is 3. The lowest BCUT2D eigenvalue weighted by molar-refractivity contribution is 0.636. The molecule has 4 rings (SSSR count). The molecule has 0 fully saturated rings. The Bertz CT molecular complexity index is 874. The van der Waals surface area contributed by atoms with E-state index in [9.17, 15) is 4.39 Å². The highest BCUT2D eigenvalue weighted by Crippen LogP contribution is 2.29. The first-order valence-electron chi connectivity index (χ1n) is 7.71. The van der Waals surface area contributed by atoms with Crippen molar-refractivity contribution in [3.63, 3.8) is 0 Å². The summed E-state index contributed by atoms with van der Waals surface area (Å²) in [5.41, 5.74) is 3.01. The molecule has 3 nitrogen and oxygen atoms in total. The van der Waals surface area contributed by atoms with E-state index < -0.39 is 0 Å². The number of fused-ring (bicyclic) bond motifs is 1. The number of para-hydroxylation sites is 1. The Labute approximate surface area is 134 Å². The SMILES string of the molecule is Fc1cccc2c(N3CC=C(c4ccccc4)CC3)ncnc12. The highest BCUT2D eigenvalue weighted by atomic mass is 19.1. The molecule has 0 saturated carbocycles. The van der Waals surface area contributed by atoms with Crippen molar-refractivity contribution in [2.45, 2.75) is 6.42 Å². The maximum absolute atomic E-state index is 13.9. The summed E-state index contributed by atoms with van der Waals surface area (Å²) in [5, 5.41) is 0.768. The average Bonchev–Trinajstić information content (AvgIpc) is 2.63. The molecule has 0 atom stereocenters. The normalized spacial score (nSPS) is 14.8. The number of aromatic nitrogens is 2. The summed E-state index contributed by atoms with van der Waals surface area (Å²) in [6.45, 7) is 1.64. The van der Waals surface area contributed by atoms with Gasteiger partial charge in [0.05, 0.1) is 0 Å². The molecular weight excluding hydrogens is 289 g/mol. The van der Waals surface area contributed by atoms with Gasteiger partial charge >= 0.3 is 0 Å². The van der Waals surface area contributed by atoms with Gasteiger partial charge in [-0.2, -0.15) is 0 Å². The zero-order valence-electron chi connectivity index (χ0n) is 12.6. The molecule has 0 saturated heterocycles. The predicted molar refractivity (Wildman–Crippen MR) is 90.7 cm³/mol. The van der Waals surface area contributed by atoms with E-state index >= 15 is 0 Å². The molecule has 0 bridgehead atoms. The van der Waals surface area contributed by atoms with Crippen LogP contribution in [0.15, 0.2) is 60.9 Å². The van der Waals surface area contributed by atoms with E-state index in [1.165, 1.54) is 23.5 Å². The van der Waals surface area contributed by atoms with E-state index in [0.717, 1.165) is 30.7 Å². The number of hydrogen-bond donors (Lipinski definition) is 0. The van der Waals surface area contributed by atoms with E-state index in [2.05, 4.69) is 45.2 Å². The van der Waals surface area contributed by atoms with Crippen molar-refractivity contribution in [1.82, 2.24) is 9.97 Å². The average molecular weight is 305 g/mol. The second-order valence-corrected chi connectivity index (χ2v) is 5.62. The lowest BCUT2D eigenvalue weighted by Crippen LogP contribution is -2.29. The molecule has 2 heterocycles. The van der Waals surface area contributed by atoms with Crippen molar-refractivity contribution >= 4 is 22.3 Å². The van der Waals surface area contributed by atoms with Crippen LogP contribution in [0.1, 0.15) is 12.0 Å². The molecule has 114 valence electrons. The third-order valence-corrected chi connectivity index (χ3v) is 4.25. The quantitative estimate of drug-likeness (QED) is 0.715. The highest BCUT2D eigenvalue weighted by molar-refractivity contribution is 5.90. The van der Waals surface area contributed by atoms with Gasteiger partial charge < -0.3 is 4.90 Å². The molecule has 23 heavy (non-hydrogen) atoms. The van der Waals surface area contributed by atoms with Crippen molar-refractivity contribution < 1.29 is 4.39 Å². The van der Waals surface area contributed by atoms with Crippen LogP contribution in [-0.2, 0) is 0 Å². The van der Waals surface area contributed by atoms with Crippen molar-refractivity contribution in [2.75, 3.05) is 18.0 Å². The van der Waals surface area contributed by atoms with E-state index in [-0.39, 0.29) is 5.82 Å². The Morgan fingerprint density at radius 3 is 2.61 bits per heavy atom. The minimum atomic E-state index is -0.302. The van der Waals surface area contributed by atoms with Crippen LogP contribution >= 0.6 is 0 Å². The predicted octanol–water partition coefficient (Wildman–Crippen LogP) is 4.06. The van der Waals surface area contributed by atoms with E-state index in [4.69, 9.17) is 0 Å². The molecule has 1 aliphatic heterocycles. The summed E-state index contributed by atoms with van der Waals surface area (Å²) in [7, 11) is 0. The first-order chi connectivity index (χ1) is 11.3. The van der Waals surface area contributed by atoms with Crippen molar-refractivity contribution in [3.05, 3.63) is 72.3 Å². The first-order valence-corrected chi connectivity index (χ1v) is 7.71. The fourth-order valence-electron chi connectivity index (χ4n) is 3.07. The zero-order valence-corrected chi connectivity index (χ0v) is 12.6. The van der Waals surface area contributed by atoms with Crippen molar-refractivity contribution in [3.8, 4) is 0 Å². The van der Waals surface area contributed by atoms with Crippen LogP contribution in [0.25, 0.3) is 16.5 Å². The van der Waals surface area contributed by atoms with Gasteiger partial charge in [-0.25, -0.2) is 14.4 Å². The molecule has 1 aromatic heterocycles. The molecule has 0 unspecified atom stereocenters. The Balaban J connectivity index is 1.67. The van der Waals surface area contributed by atoms with Crippen LogP contribution in [0.5, 0.6) is 0 Å².